The monoisotopic (exact) mass is 2160 g/mol. The van der Waals surface area contributed by atoms with E-state index in [2.05, 4.69) is 61.6 Å². The van der Waals surface area contributed by atoms with E-state index in [9.17, 15) is 98.3 Å². The van der Waals surface area contributed by atoms with Gasteiger partial charge in [0, 0.05) is 79.0 Å². The number of sulfonamides is 2. The number of anilines is 5. The Morgan fingerprint density at radius 3 is 0.924 bits per heavy atom. The quantitative estimate of drug-likeness (QED) is 0.0597. The van der Waals surface area contributed by atoms with Gasteiger partial charge in [-0.3, -0.25) is 38.7 Å². The van der Waals surface area contributed by atoms with Crippen molar-refractivity contribution in [2.24, 2.45) is 5.92 Å². The molecule has 33 nitrogen and oxygen atoms in total. The van der Waals surface area contributed by atoms with Crippen LogP contribution in [-0.2, 0) is 62.2 Å². The third-order valence-corrected chi connectivity index (χ3v) is 34.4. The van der Waals surface area contributed by atoms with Crippen molar-refractivity contribution in [3.63, 3.8) is 0 Å². The van der Waals surface area contributed by atoms with Crippen LogP contribution in [0.2, 0.25) is 0 Å². The molecule has 10 aromatic heterocycles. The molecule has 780 valence electrons. The number of pyridine rings is 5. The highest BCUT2D eigenvalue weighted by Gasteiger charge is 2.53. The lowest BCUT2D eigenvalue weighted by Crippen LogP contribution is -2.44. The first-order chi connectivity index (χ1) is 67.8. The second kappa shape index (κ2) is 41.4. The molecule has 0 bridgehead atoms. The maximum Gasteiger partial charge on any atom is 0.408 e. The number of fused-ring (bicyclic) bond motifs is 5. The number of carbonyl (C=O) groups is 6. The number of carbonyl (C=O) groups excluding carboxylic acids is 6. The van der Waals surface area contributed by atoms with Gasteiger partial charge in [0.15, 0.2) is 11.6 Å². The molecule has 9 aliphatic rings. The van der Waals surface area contributed by atoms with Crippen LogP contribution >= 0.6 is 56.7 Å². The third kappa shape index (κ3) is 23.0. The molecule has 7 amide bonds. The Hall–Kier alpha value is -11.3. The fourth-order valence-corrected chi connectivity index (χ4v) is 23.9. The summed E-state index contributed by atoms with van der Waals surface area (Å²) in [6.07, 6.45) is -14.8. The van der Waals surface area contributed by atoms with Gasteiger partial charge in [-0.15, -0.1) is 56.7 Å². The maximum absolute atomic E-state index is 13.3. The topological polar surface area (TPSA) is 380 Å². The van der Waals surface area contributed by atoms with Crippen molar-refractivity contribution >= 4 is 141 Å². The molecule has 0 unspecified atom stereocenters. The van der Waals surface area contributed by atoms with Gasteiger partial charge in [0.25, 0.3) is 29.5 Å². The standard InChI is InChI=1S/C20H25N5O2S.2C19H21F3N4O2S.C18H19F3N4O3S2.C17H19F3N4O3S2/c1-10-17(28-12(3)21-10)15-8-14-9-25(11(2)13-6-7-13)19(26)16(14)18(22-15)23-20(27)24(4)5;2*1-10-16(29-12(3)23-10)14-8-13-9-26(11(2)19(20,21)22)18(27)15(13)17(24-14)25-4-6-28-7-5-25;1-8-15(29-10(3)22-8)13-6-11-7-25(9(2)18(19,20)21)17(26)14(11)16(23-13)24-30(27,28)12-4-5-12;1-5-29(26,27)23-15-13-11(7-24(16(13)25)9(3)17(18,19)20)6-12(22-15)14-8(2)21-10(4)28-14/h8,11,13H,6-7,9H2,1-5H3,(H,22,23,27);2*8,11H,4-7,9H2,1-3H3;6,9,12H,4-5,7H2,1-3H3,(H,23,24);6,9H,5,7H2,1-4H3,(H,22,23)/t3*11-;2*9-/m01000/s1. The Morgan fingerprint density at radius 2 is 0.655 bits per heavy atom. The van der Waals surface area contributed by atoms with Crippen LogP contribution in [-0.4, -0.2) is 264 Å². The Morgan fingerprint density at radius 1 is 0.393 bits per heavy atom. The predicted molar refractivity (Wildman–Crippen MR) is 525 cm³/mol. The van der Waals surface area contributed by atoms with Gasteiger partial charge in [-0.05, 0) is 201 Å². The molecule has 0 spiro atoms. The van der Waals surface area contributed by atoms with Crippen molar-refractivity contribution in [2.45, 2.75) is 229 Å². The summed E-state index contributed by atoms with van der Waals surface area (Å²) in [7, 11) is -4.25. The number of aromatic nitrogens is 10. The second-order valence-electron chi connectivity index (χ2n) is 36.6. The van der Waals surface area contributed by atoms with E-state index in [4.69, 9.17) is 19.4 Å². The number of ether oxygens (including phenoxy) is 2. The number of alkyl halides is 12. The minimum absolute atomic E-state index is 0.0419. The smallest absolute Gasteiger partial charge is 0.378 e. The van der Waals surface area contributed by atoms with E-state index in [0.717, 1.165) is 106 Å². The van der Waals surface area contributed by atoms with Crippen LogP contribution in [0, 0.1) is 75.2 Å². The number of hydrogen-bond acceptors (Lipinski definition) is 29. The molecule has 10 aromatic rings. The van der Waals surface area contributed by atoms with E-state index in [-0.39, 0.29) is 89.4 Å². The Bertz CT molecular complexity index is 6830. The molecular formula is C93H105F12N21O12S7. The van der Waals surface area contributed by atoms with Crippen LogP contribution in [0.4, 0.5) is 86.6 Å². The number of aryl methyl sites for hydroxylation is 10. The number of hydrogen-bond donors (Lipinski definition) is 3. The zero-order valence-electron chi connectivity index (χ0n) is 82.0. The van der Waals surface area contributed by atoms with Crippen LogP contribution in [0.1, 0.15) is 200 Å². The Balaban J connectivity index is 0.000000136. The molecule has 3 N–H and O–H groups in total. The maximum atomic E-state index is 13.3. The number of nitrogens with zero attached hydrogens (tertiary/aromatic N) is 18. The van der Waals surface area contributed by atoms with Gasteiger partial charge in [0.05, 0.1) is 172 Å². The predicted octanol–water partition coefficient (Wildman–Crippen LogP) is 17.9. The Kier molecular flexibility index (Phi) is 30.8. The van der Waals surface area contributed by atoms with Crippen LogP contribution in [0.5, 0.6) is 0 Å². The molecule has 2 aliphatic carbocycles. The summed E-state index contributed by atoms with van der Waals surface area (Å²) in [5, 5.41) is 6.52. The normalized spacial score (nSPS) is 17.4. The summed E-state index contributed by atoms with van der Waals surface area (Å²) >= 11 is 7.21. The number of rotatable bonds is 20. The van der Waals surface area contributed by atoms with Crippen molar-refractivity contribution in [3.05, 3.63) is 139 Å². The van der Waals surface area contributed by atoms with E-state index in [1.54, 1.807) is 64.4 Å². The molecule has 0 radical (unpaired) electrons. The number of morpholine rings is 2. The highest BCUT2D eigenvalue weighted by molar-refractivity contribution is 7.93. The van der Waals surface area contributed by atoms with E-state index < -0.39 is 97.8 Å². The van der Waals surface area contributed by atoms with Gasteiger partial charge in [0.2, 0.25) is 20.0 Å². The molecule has 0 aromatic carbocycles. The number of urea groups is 1. The number of nitrogens with one attached hydrogen (secondary N) is 3. The molecule has 7 aliphatic heterocycles. The van der Waals surface area contributed by atoms with Crippen molar-refractivity contribution in [3.8, 4) is 52.9 Å². The van der Waals surface area contributed by atoms with E-state index in [1.165, 1.54) is 76.1 Å². The van der Waals surface area contributed by atoms with Crippen molar-refractivity contribution in [2.75, 3.05) is 97.0 Å². The largest absolute Gasteiger partial charge is 0.408 e. The molecule has 145 heavy (non-hydrogen) atoms. The summed E-state index contributed by atoms with van der Waals surface area (Å²) in [6, 6.07) is 0.671. The number of thiazole rings is 5. The van der Waals surface area contributed by atoms with Crippen molar-refractivity contribution in [1.82, 2.24) is 79.2 Å². The highest BCUT2D eigenvalue weighted by Crippen LogP contribution is 2.48. The Labute approximate surface area is 847 Å². The van der Waals surface area contributed by atoms with Gasteiger partial charge in [-0.1, -0.05) is 0 Å². The third-order valence-electron chi connectivity index (χ3n) is 25.9. The highest BCUT2D eigenvalue weighted by atomic mass is 32.2. The van der Waals surface area contributed by atoms with E-state index >= 15 is 0 Å². The first kappa shape index (κ1) is 108. The fraction of sp³-hybridized carbons (Fsp3) is 0.505. The number of halogens is 12. The lowest BCUT2D eigenvalue weighted by molar-refractivity contribution is -0.172. The molecule has 2 saturated carbocycles. The van der Waals surface area contributed by atoms with Gasteiger partial charge >= 0.3 is 30.7 Å². The zero-order chi connectivity index (χ0) is 106. The SMILES string of the molecule is CCS(=O)(=O)Nc1nc(-c2sc(C)nc2C)cc2c1C(=O)N([C@@H](C)C(F)(F)F)C2.Cc1nc(C)c(-c2cc3c(c(N4CCOCC4)n2)C(=O)N([C@@H](C)C(F)(F)F)C3)s1.Cc1nc(C)c(-c2cc3c(c(N4CCOCC4)n2)C(=O)N([C@H](C)C(F)(F)F)C3)s1.Cc1nc(C)c(-c2cc3c(c(NC(=O)N(C)C)n2)C(=O)N([C@@H](C)C2CC2)C3)s1.Cc1nc(C)c(-c2cc3c(c(NS(=O)(=O)C4CC4)n2)C(=O)N([C@@H](C)C(F)(F)F)C3)s1. The van der Waals surface area contributed by atoms with Crippen LogP contribution < -0.4 is 24.6 Å². The molecule has 5 atom stereocenters. The zero-order valence-corrected chi connectivity index (χ0v) is 87.7. The van der Waals surface area contributed by atoms with Gasteiger partial charge in [-0.2, -0.15) is 52.7 Å². The molecule has 2 saturated heterocycles. The average molecular weight is 2160 g/mol. The minimum atomic E-state index is -4.61. The molecule has 19 rings (SSSR count). The fourth-order valence-electron chi connectivity index (χ4n) is 17.6. The first-order valence-electron chi connectivity index (χ1n) is 46.2. The minimum Gasteiger partial charge on any atom is -0.378 e. The van der Waals surface area contributed by atoms with Gasteiger partial charge < -0.3 is 48.7 Å². The van der Waals surface area contributed by atoms with E-state index in [1.807, 2.05) is 69.2 Å². The second-order valence-corrected chi connectivity index (χ2v) is 46.6. The van der Waals surface area contributed by atoms with Gasteiger partial charge in [0.1, 0.15) is 41.6 Å². The van der Waals surface area contributed by atoms with Crippen LogP contribution in [0.3, 0.4) is 0 Å². The van der Waals surface area contributed by atoms with Crippen LogP contribution in [0.25, 0.3) is 52.9 Å². The summed E-state index contributed by atoms with van der Waals surface area (Å²) in [5.74, 6) is -2.04. The van der Waals surface area contributed by atoms with Crippen molar-refractivity contribution < 1.29 is 108 Å². The van der Waals surface area contributed by atoms with E-state index in [0.29, 0.717) is 171 Å². The molecule has 4 fully saturated rings. The van der Waals surface area contributed by atoms with Crippen molar-refractivity contribution in [1.29, 1.82) is 0 Å². The summed E-state index contributed by atoms with van der Waals surface area (Å²) in [4.78, 5) is 136. The lowest BCUT2D eigenvalue weighted by Gasteiger charge is -2.30. The molecule has 52 heteroatoms. The summed E-state index contributed by atoms with van der Waals surface area (Å²) in [6.45, 7) is 29.8. The summed E-state index contributed by atoms with van der Waals surface area (Å²) in [5.41, 5.74) is 10.1. The molecule has 17 heterocycles. The lowest BCUT2D eigenvalue weighted by atomic mass is 10.1. The number of amides is 7. The molecular weight excluding hydrogens is 2060 g/mol. The van der Waals surface area contributed by atoms with Gasteiger partial charge in [-0.25, -0.2) is 71.5 Å². The van der Waals surface area contributed by atoms with Crippen LogP contribution in [0.15, 0.2) is 30.3 Å². The average Bonchev–Trinajstić information content (AvgIpc) is 1.61. The first-order valence-corrected chi connectivity index (χ1v) is 53.5. The summed E-state index contributed by atoms with van der Waals surface area (Å²) < 4.78 is 224.